The molecule has 1 aliphatic heterocycles. The van der Waals surface area contributed by atoms with E-state index in [2.05, 4.69) is 41.4 Å². The van der Waals surface area contributed by atoms with Crippen LogP contribution in [0.25, 0.3) is 22.9 Å². The Kier molecular flexibility index (Phi) is 6.72. The van der Waals surface area contributed by atoms with E-state index < -0.39 is 5.91 Å². The van der Waals surface area contributed by atoms with Crippen molar-refractivity contribution in [1.82, 2.24) is 15.4 Å². The van der Waals surface area contributed by atoms with Gasteiger partial charge in [0.2, 0.25) is 5.91 Å². The van der Waals surface area contributed by atoms with Gasteiger partial charge in [-0.2, -0.15) is 0 Å². The van der Waals surface area contributed by atoms with Gasteiger partial charge in [-0.15, -0.1) is 0 Å². The highest BCUT2D eigenvalue weighted by molar-refractivity contribution is 5.92. The summed E-state index contributed by atoms with van der Waals surface area (Å²) in [4.78, 5) is 30.3. The molecule has 2 heterocycles. The third-order valence-corrected chi connectivity index (χ3v) is 5.70. The highest BCUT2D eigenvalue weighted by Crippen LogP contribution is 2.32. The Bertz CT molecular complexity index is 1180. The monoisotopic (exact) mass is 427 g/mol. The fraction of sp³-hybridized carbons (Fsp3) is 0.192. The summed E-state index contributed by atoms with van der Waals surface area (Å²) >= 11 is 0. The minimum absolute atomic E-state index is 0.0302. The average molecular weight is 428 g/mol. The molecule has 0 aliphatic carbocycles. The number of pyridine rings is 1. The molecule has 32 heavy (non-hydrogen) atoms. The molecule has 1 fully saturated rings. The van der Waals surface area contributed by atoms with Gasteiger partial charge in [0.15, 0.2) is 0 Å². The van der Waals surface area contributed by atoms with Crippen LogP contribution in [-0.4, -0.2) is 40.0 Å². The first-order chi connectivity index (χ1) is 15.6. The molecule has 6 heteroatoms. The number of piperidine rings is 1. The lowest BCUT2D eigenvalue weighted by Crippen LogP contribution is -2.38. The molecule has 162 valence electrons. The minimum atomic E-state index is -0.631. The van der Waals surface area contributed by atoms with E-state index >= 15 is 0 Å². The summed E-state index contributed by atoms with van der Waals surface area (Å²) in [7, 11) is 0. The van der Waals surface area contributed by atoms with Crippen molar-refractivity contribution in [2.75, 3.05) is 13.1 Å². The molecule has 1 aromatic heterocycles. The second kappa shape index (κ2) is 10.0. The number of likely N-dealkylation sites (tertiary alicyclic amines) is 1. The molecule has 0 bridgehead atoms. The van der Waals surface area contributed by atoms with E-state index in [9.17, 15) is 9.59 Å². The summed E-state index contributed by atoms with van der Waals surface area (Å²) < 4.78 is 0. The standard InChI is InChI=1S/C26H25N3O3/c30-25(28-32)15-13-21-9-4-10-22(27-21)14-16-26(31)29-17-5-8-20(18-29)24-12-3-7-19-6-1-2-11-23(19)24/h1-4,6-7,9-16,20,32H,5,8,17-18H2,(H,28,30). The van der Waals surface area contributed by atoms with Crippen LogP contribution in [0.15, 0.2) is 72.8 Å². The second-order valence-electron chi connectivity index (χ2n) is 7.82. The van der Waals surface area contributed by atoms with Crippen LogP contribution < -0.4 is 5.48 Å². The minimum Gasteiger partial charge on any atom is -0.339 e. The van der Waals surface area contributed by atoms with Crippen molar-refractivity contribution in [1.29, 1.82) is 0 Å². The molecule has 2 N–H and O–H groups in total. The maximum absolute atomic E-state index is 12.9. The van der Waals surface area contributed by atoms with Crippen LogP contribution in [0.5, 0.6) is 0 Å². The van der Waals surface area contributed by atoms with Crippen LogP contribution in [0.3, 0.4) is 0 Å². The Labute approximate surface area is 186 Å². The molecule has 0 spiro atoms. The number of nitrogens with one attached hydrogen (secondary N) is 1. The number of nitrogens with zero attached hydrogens (tertiary/aromatic N) is 2. The van der Waals surface area contributed by atoms with Gasteiger partial charge >= 0.3 is 0 Å². The first kappa shape index (κ1) is 21.5. The number of aromatic nitrogens is 1. The van der Waals surface area contributed by atoms with Crippen molar-refractivity contribution in [3.05, 3.63) is 89.8 Å². The first-order valence-electron chi connectivity index (χ1n) is 10.7. The van der Waals surface area contributed by atoms with E-state index in [0.717, 1.165) is 19.4 Å². The normalized spacial score (nSPS) is 16.7. The van der Waals surface area contributed by atoms with E-state index in [1.165, 1.54) is 34.0 Å². The Balaban J connectivity index is 1.45. The molecule has 6 nitrogen and oxygen atoms in total. The fourth-order valence-corrected chi connectivity index (χ4v) is 4.15. The zero-order valence-corrected chi connectivity index (χ0v) is 17.6. The van der Waals surface area contributed by atoms with E-state index in [1.807, 2.05) is 11.0 Å². The Hall–Kier alpha value is -3.77. The number of carbonyl (C=O) groups excluding carboxylic acids is 2. The van der Waals surface area contributed by atoms with Crippen molar-refractivity contribution in [2.45, 2.75) is 18.8 Å². The highest BCUT2D eigenvalue weighted by atomic mass is 16.5. The van der Waals surface area contributed by atoms with Crippen molar-refractivity contribution in [2.24, 2.45) is 0 Å². The zero-order chi connectivity index (χ0) is 22.3. The van der Waals surface area contributed by atoms with Crippen molar-refractivity contribution < 1.29 is 14.8 Å². The maximum Gasteiger partial charge on any atom is 0.267 e. The van der Waals surface area contributed by atoms with Crippen LogP contribution in [0.2, 0.25) is 0 Å². The van der Waals surface area contributed by atoms with Gasteiger partial charge in [-0.25, -0.2) is 10.5 Å². The Morgan fingerprint density at radius 2 is 1.69 bits per heavy atom. The van der Waals surface area contributed by atoms with Crippen LogP contribution in [0.4, 0.5) is 0 Å². The Morgan fingerprint density at radius 1 is 0.969 bits per heavy atom. The quantitative estimate of drug-likeness (QED) is 0.364. The SMILES string of the molecule is O=C(C=Cc1cccc(C=CC(=O)N2CCCC(c3cccc4ccccc34)C2)n1)NO. The molecule has 4 rings (SSSR count). The lowest BCUT2D eigenvalue weighted by molar-refractivity contribution is -0.127. The van der Waals surface area contributed by atoms with Crippen LogP contribution in [0.1, 0.15) is 35.7 Å². The number of benzene rings is 2. The van der Waals surface area contributed by atoms with Gasteiger partial charge in [0.05, 0.1) is 11.4 Å². The van der Waals surface area contributed by atoms with Gasteiger partial charge in [-0.05, 0) is 53.5 Å². The van der Waals surface area contributed by atoms with Crippen molar-refractivity contribution in [3.8, 4) is 0 Å². The number of rotatable bonds is 5. The molecule has 1 aliphatic rings. The van der Waals surface area contributed by atoms with E-state index in [-0.39, 0.29) is 5.91 Å². The predicted octanol–water partition coefficient (Wildman–Crippen LogP) is 4.17. The van der Waals surface area contributed by atoms with E-state index in [1.54, 1.807) is 30.4 Å². The van der Waals surface area contributed by atoms with Crippen molar-refractivity contribution >= 4 is 34.7 Å². The molecule has 0 radical (unpaired) electrons. The van der Waals surface area contributed by atoms with Gasteiger partial charge in [0.25, 0.3) is 5.91 Å². The molecule has 0 saturated carbocycles. The van der Waals surface area contributed by atoms with Crippen molar-refractivity contribution in [3.63, 3.8) is 0 Å². The number of fused-ring (bicyclic) bond motifs is 1. The smallest absolute Gasteiger partial charge is 0.267 e. The third kappa shape index (κ3) is 5.10. The second-order valence-corrected chi connectivity index (χ2v) is 7.82. The number of hydrogen-bond acceptors (Lipinski definition) is 4. The predicted molar refractivity (Wildman–Crippen MR) is 125 cm³/mol. The molecule has 1 unspecified atom stereocenters. The summed E-state index contributed by atoms with van der Waals surface area (Å²) in [6, 6.07) is 20.1. The largest absolute Gasteiger partial charge is 0.339 e. The first-order valence-corrected chi connectivity index (χ1v) is 10.7. The third-order valence-electron chi connectivity index (χ3n) is 5.70. The van der Waals surface area contributed by atoms with Crippen LogP contribution in [-0.2, 0) is 9.59 Å². The summed E-state index contributed by atoms with van der Waals surface area (Å²) in [5, 5.41) is 11.0. The number of amides is 2. The maximum atomic E-state index is 12.9. The van der Waals surface area contributed by atoms with Crippen LogP contribution in [0, 0.1) is 0 Å². The molecule has 1 saturated heterocycles. The lowest BCUT2D eigenvalue weighted by atomic mass is 9.87. The highest BCUT2D eigenvalue weighted by Gasteiger charge is 2.24. The van der Waals surface area contributed by atoms with Gasteiger partial charge < -0.3 is 4.90 Å². The molecule has 2 amide bonds. The summed E-state index contributed by atoms with van der Waals surface area (Å²) in [5.74, 6) is -0.345. The summed E-state index contributed by atoms with van der Waals surface area (Å²) in [6.45, 7) is 1.45. The van der Waals surface area contributed by atoms with Gasteiger partial charge in [0, 0.05) is 31.2 Å². The molecule has 1 atom stereocenters. The van der Waals surface area contributed by atoms with Gasteiger partial charge in [-0.3, -0.25) is 14.8 Å². The topological polar surface area (TPSA) is 82.5 Å². The van der Waals surface area contributed by atoms with E-state index in [0.29, 0.717) is 23.9 Å². The molecular formula is C26H25N3O3. The zero-order valence-electron chi connectivity index (χ0n) is 17.6. The molecular weight excluding hydrogens is 402 g/mol. The number of hydroxylamine groups is 1. The average Bonchev–Trinajstić information content (AvgIpc) is 2.85. The van der Waals surface area contributed by atoms with Gasteiger partial charge in [-0.1, -0.05) is 48.5 Å². The molecule has 2 aromatic carbocycles. The Morgan fingerprint density at radius 3 is 2.50 bits per heavy atom. The van der Waals surface area contributed by atoms with E-state index in [4.69, 9.17) is 5.21 Å². The van der Waals surface area contributed by atoms with Gasteiger partial charge in [0.1, 0.15) is 0 Å². The number of hydrogen-bond donors (Lipinski definition) is 2. The number of carbonyl (C=O) groups is 2. The lowest BCUT2D eigenvalue weighted by Gasteiger charge is -2.33. The fourth-order valence-electron chi connectivity index (χ4n) is 4.15. The summed E-state index contributed by atoms with van der Waals surface area (Å²) in [5.41, 5.74) is 4.01. The molecule has 3 aromatic rings. The van der Waals surface area contributed by atoms with Crippen LogP contribution >= 0.6 is 0 Å². The summed E-state index contributed by atoms with van der Waals surface area (Å²) in [6.07, 6.45) is 7.96.